The van der Waals surface area contributed by atoms with Crippen LogP contribution in [-0.2, 0) is 4.74 Å². The number of alkyl halides is 1. The second kappa shape index (κ2) is 16.9. The standard InChI is InChI=1S/C9H10BrClO.C7H14BrNO2.C6H4BrClO/c1-2-5-12-9-4-3-7(10)6-8(9)11;1-7(2,3)11-6(10)9-5-4-8;7-4-1-2-6(9)5(8)3-4/h3-4,6H,2,5H2,1H3;4-5H2,1-3H3,(H,9,10);1-3,9H. The summed E-state index contributed by atoms with van der Waals surface area (Å²) in [5, 5.41) is 13.2. The fourth-order valence-corrected chi connectivity index (χ4v) is 3.35. The maximum atomic E-state index is 10.9. The molecule has 0 unspecified atom stereocenters. The van der Waals surface area contributed by atoms with E-state index in [0.717, 1.165) is 26.4 Å². The predicted molar refractivity (Wildman–Crippen MR) is 144 cm³/mol. The van der Waals surface area contributed by atoms with E-state index in [0.29, 0.717) is 23.2 Å². The molecule has 0 heterocycles. The highest BCUT2D eigenvalue weighted by molar-refractivity contribution is 9.10. The molecule has 10 heteroatoms. The Bertz CT molecular complexity index is 833. The van der Waals surface area contributed by atoms with Crippen molar-refractivity contribution >= 4 is 77.1 Å². The van der Waals surface area contributed by atoms with Crippen LogP contribution in [0.25, 0.3) is 0 Å². The average molecular weight is 681 g/mol. The van der Waals surface area contributed by atoms with Gasteiger partial charge in [0.25, 0.3) is 0 Å². The highest BCUT2D eigenvalue weighted by Gasteiger charge is 2.14. The molecule has 0 aromatic heterocycles. The van der Waals surface area contributed by atoms with Crippen molar-refractivity contribution in [1.29, 1.82) is 0 Å². The van der Waals surface area contributed by atoms with Crippen molar-refractivity contribution in [2.45, 2.75) is 39.7 Å². The van der Waals surface area contributed by atoms with Crippen molar-refractivity contribution in [2.24, 2.45) is 0 Å². The Hall–Kier alpha value is -0.670. The van der Waals surface area contributed by atoms with Crippen LogP contribution in [0.4, 0.5) is 4.79 Å². The number of carbonyl (C=O) groups is 1. The van der Waals surface area contributed by atoms with Gasteiger partial charge in [-0.3, -0.25) is 0 Å². The van der Waals surface area contributed by atoms with Crippen LogP contribution in [0.2, 0.25) is 10.0 Å². The maximum absolute atomic E-state index is 10.9. The number of hydrogen-bond donors (Lipinski definition) is 2. The third-order valence-corrected chi connectivity index (χ3v) is 5.01. The first-order valence-electron chi connectivity index (χ1n) is 9.64. The van der Waals surface area contributed by atoms with Crippen molar-refractivity contribution in [1.82, 2.24) is 5.32 Å². The summed E-state index contributed by atoms with van der Waals surface area (Å²) >= 11 is 21.2. The number of alkyl carbamates (subject to hydrolysis) is 1. The molecule has 0 saturated carbocycles. The minimum atomic E-state index is -0.406. The molecule has 0 aliphatic heterocycles. The summed E-state index contributed by atoms with van der Waals surface area (Å²) in [7, 11) is 0. The molecule has 0 spiro atoms. The number of ether oxygens (including phenoxy) is 2. The van der Waals surface area contributed by atoms with Gasteiger partial charge in [-0.15, -0.1) is 0 Å². The molecule has 0 aliphatic carbocycles. The lowest BCUT2D eigenvalue weighted by molar-refractivity contribution is 0.0531. The quantitative estimate of drug-likeness (QED) is 0.311. The molecule has 2 aromatic carbocycles. The monoisotopic (exact) mass is 677 g/mol. The van der Waals surface area contributed by atoms with E-state index in [1.165, 1.54) is 6.07 Å². The Kier molecular flexibility index (Phi) is 16.5. The van der Waals surface area contributed by atoms with Gasteiger partial charge in [0.05, 0.1) is 16.7 Å². The minimum absolute atomic E-state index is 0.111. The third kappa shape index (κ3) is 16.0. The molecule has 0 bridgehead atoms. The lowest BCUT2D eigenvalue weighted by Crippen LogP contribution is -2.33. The molecular weight excluding hydrogens is 653 g/mol. The SMILES string of the molecule is CC(C)(C)OC(=O)NCCBr.CCCOc1ccc(Br)cc1Cl.Oc1ccc(Br)cc1Cl. The Morgan fingerprint density at radius 3 is 2.06 bits per heavy atom. The summed E-state index contributed by atoms with van der Waals surface area (Å²) in [6.45, 7) is 8.87. The van der Waals surface area contributed by atoms with Crippen molar-refractivity contribution < 1.29 is 19.4 Å². The molecule has 180 valence electrons. The zero-order valence-corrected chi connectivity index (χ0v) is 24.6. The first kappa shape index (κ1) is 31.3. The van der Waals surface area contributed by atoms with E-state index < -0.39 is 5.60 Å². The lowest BCUT2D eigenvalue weighted by atomic mass is 10.2. The van der Waals surface area contributed by atoms with Gasteiger partial charge in [-0.2, -0.15) is 0 Å². The molecule has 0 fully saturated rings. The predicted octanol–water partition coefficient (Wildman–Crippen LogP) is 8.61. The Labute approximate surface area is 225 Å². The molecule has 32 heavy (non-hydrogen) atoms. The summed E-state index contributed by atoms with van der Waals surface area (Å²) < 4.78 is 12.2. The summed E-state index contributed by atoms with van der Waals surface area (Å²) in [6.07, 6.45) is 0.629. The van der Waals surface area contributed by atoms with Crippen LogP contribution in [0.15, 0.2) is 45.3 Å². The summed E-state index contributed by atoms with van der Waals surface area (Å²) in [6, 6.07) is 10.5. The molecule has 5 nitrogen and oxygen atoms in total. The number of halogens is 5. The minimum Gasteiger partial charge on any atom is -0.506 e. The number of rotatable bonds is 5. The van der Waals surface area contributed by atoms with Crippen molar-refractivity contribution in [3.8, 4) is 11.5 Å². The molecule has 0 atom stereocenters. The van der Waals surface area contributed by atoms with Crippen molar-refractivity contribution in [2.75, 3.05) is 18.5 Å². The number of nitrogens with one attached hydrogen (secondary N) is 1. The Morgan fingerprint density at radius 2 is 1.62 bits per heavy atom. The Morgan fingerprint density at radius 1 is 1.06 bits per heavy atom. The van der Waals surface area contributed by atoms with E-state index in [1.807, 2.05) is 39.0 Å². The van der Waals surface area contributed by atoms with Crippen LogP contribution in [0.1, 0.15) is 34.1 Å². The molecule has 2 N–H and O–H groups in total. The zero-order valence-electron chi connectivity index (χ0n) is 18.4. The first-order chi connectivity index (χ1) is 14.9. The van der Waals surface area contributed by atoms with Crippen molar-refractivity contribution in [3.05, 3.63) is 55.4 Å². The van der Waals surface area contributed by atoms with E-state index >= 15 is 0 Å². The molecule has 2 aromatic rings. The fourth-order valence-electron chi connectivity index (χ4n) is 1.75. The molecule has 0 radical (unpaired) electrons. The van der Waals surface area contributed by atoms with Gasteiger partial charge in [0.2, 0.25) is 0 Å². The summed E-state index contributed by atoms with van der Waals surface area (Å²) in [5.74, 6) is 0.863. The number of carbonyl (C=O) groups excluding carboxylic acids is 1. The number of benzene rings is 2. The second-order valence-corrected chi connectivity index (χ2v) is 10.6. The van der Waals surface area contributed by atoms with Crippen LogP contribution in [0.3, 0.4) is 0 Å². The molecule has 2 rings (SSSR count). The number of amides is 1. The molecule has 0 saturated heterocycles. The lowest BCUT2D eigenvalue weighted by Gasteiger charge is -2.19. The van der Waals surface area contributed by atoms with Gasteiger partial charge in [0, 0.05) is 20.8 Å². The number of hydrogen-bond acceptors (Lipinski definition) is 4. The van der Waals surface area contributed by atoms with Gasteiger partial charge in [0.15, 0.2) is 0 Å². The number of phenols is 1. The van der Waals surface area contributed by atoms with Crippen LogP contribution in [0, 0.1) is 0 Å². The highest BCUT2D eigenvalue weighted by Crippen LogP contribution is 2.27. The van der Waals surface area contributed by atoms with E-state index in [4.69, 9.17) is 37.8 Å². The largest absolute Gasteiger partial charge is 0.506 e. The second-order valence-electron chi connectivity index (χ2n) is 7.14. The number of aromatic hydroxyl groups is 1. The fraction of sp³-hybridized carbons (Fsp3) is 0.409. The highest BCUT2D eigenvalue weighted by atomic mass is 79.9. The van der Waals surface area contributed by atoms with Gasteiger partial charge in [0.1, 0.15) is 17.1 Å². The normalized spacial score (nSPS) is 10.2. The van der Waals surface area contributed by atoms with E-state index in [2.05, 4.69) is 60.0 Å². The third-order valence-electron chi connectivity index (χ3n) is 3.03. The smallest absolute Gasteiger partial charge is 0.407 e. The summed E-state index contributed by atoms with van der Waals surface area (Å²) in [5.41, 5.74) is -0.406. The van der Waals surface area contributed by atoms with Gasteiger partial charge in [-0.25, -0.2) is 4.79 Å². The zero-order chi connectivity index (χ0) is 24.7. The van der Waals surface area contributed by atoms with E-state index in [1.54, 1.807) is 12.1 Å². The van der Waals surface area contributed by atoms with Crippen LogP contribution >= 0.6 is 71.0 Å². The van der Waals surface area contributed by atoms with Crippen LogP contribution < -0.4 is 10.1 Å². The van der Waals surface area contributed by atoms with Gasteiger partial charge in [-0.05, 0) is 63.6 Å². The first-order valence-corrected chi connectivity index (χ1v) is 13.1. The average Bonchev–Trinajstić information content (AvgIpc) is 2.68. The Balaban J connectivity index is 0.000000455. The molecule has 1 amide bonds. The van der Waals surface area contributed by atoms with Crippen LogP contribution in [-0.4, -0.2) is 35.3 Å². The summed E-state index contributed by atoms with van der Waals surface area (Å²) in [4.78, 5) is 10.9. The topological polar surface area (TPSA) is 67.8 Å². The van der Waals surface area contributed by atoms with Gasteiger partial charge in [-0.1, -0.05) is 77.9 Å². The van der Waals surface area contributed by atoms with Gasteiger partial charge >= 0.3 is 6.09 Å². The van der Waals surface area contributed by atoms with Gasteiger partial charge < -0.3 is 19.9 Å². The molecular formula is C22H28Br3Cl2NO4. The van der Waals surface area contributed by atoms with E-state index in [9.17, 15) is 4.79 Å². The van der Waals surface area contributed by atoms with E-state index in [-0.39, 0.29) is 11.8 Å². The molecule has 0 aliphatic rings. The van der Waals surface area contributed by atoms with Crippen LogP contribution in [0.5, 0.6) is 11.5 Å². The number of phenolic OH excluding ortho intramolecular Hbond substituents is 1. The van der Waals surface area contributed by atoms with Crippen molar-refractivity contribution in [3.63, 3.8) is 0 Å². The maximum Gasteiger partial charge on any atom is 0.407 e.